The molecular formula is C17H15N3O5. The molecule has 128 valence electrons. The highest BCUT2D eigenvalue weighted by molar-refractivity contribution is 5.91. The lowest BCUT2D eigenvalue weighted by molar-refractivity contribution is -0.384. The fourth-order valence-electron chi connectivity index (χ4n) is 2.53. The summed E-state index contributed by atoms with van der Waals surface area (Å²) in [5, 5.41) is 13.6. The standard InChI is InChI=1S/C17H15N3O5/c1-2-11-4-3-5-12(8-11)18-16(21)10-19-14-9-13(20(23)24)6-7-15(14)25-17(19)22/h3-9H,2,10H2,1H3,(H,18,21). The van der Waals surface area contributed by atoms with Crippen LogP contribution in [0.15, 0.2) is 51.7 Å². The normalized spacial score (nSPS) is 10.8. The van der Waals surface area contributed by atoms with E-state index in [9.17, 15) is 19.7 Å². The average molecular weight is 341 g/mol. The van der Waals surface area contributed by atoms with Crippen molar-refractivity contribution in [2.75, 3.05) is 5.32 Å². The molecule has 2 aromatic carbocycles. The average Bonchev–Trinajstić information content (AvgIpc) is 2.89. The number of nitro groups is 1. The van der Waals surface area contributed by atoms with Gasteiger partial charge in [-0.25, -0.2) is 4.79 Å². The van der Waals surface area contributed by atoms with Crippen LogP contribution in [-0.2, 0) is 17.8 Å². The first-order valence-corrected chi connectivity index (χ1v) is 7.64. The van der Waals surface area contributed by atoms with Gasteiger partial charge in [0.15, 0.2) is 5.58 Å². The quantitative estimate of drug-likeness (QED) is 0.567. The molecule has 0 aliphatic carbocycles. The Labute approximate surface area is 141 Å². The van der Waals surface area contributed by atoms with Crippen molar-refractivity contribution in [1.82, 2.24) is 4.57 Å². The van der Waals surface area contributed by atoms with Gasteiger partial charge in [-0.3, -0.25) is 19.5 Å². The lowest BCUT2D eigenvalue weighted by Gasteiger charge is -2.07. The first kappa shape index (κ1) is 16.4. The largest absolute Gasteiger partial charge is 0.420 e. The number of aromatic nitrogens is 1. The molecule has 1 N–H and O–H groups in total. The molecule has 3 aromatic rings. The molecule has 0 atom stereocenters. The molecule has 0 aliphatic rings. The number of amides is 1. The van der Waals surface area contributed by atoms with Crippen LogP contribution in [0.1, 0.15) is 12.5 Å². The molecule has 0 radical (unpaired) electrons. The third-order valence-corrected chi connectivity index (χ3v) is 3.78. The lowest BCUT2D eigenvalue weighted by atomic mass is 10.1. The van der Waals surface area contributed by atoms with Crippen LogP contribution in [0, 0.1) is 10.1 Å². The van der Waals surface area contributed by atoms with E-state index >= 15 is 0 Å². The van der Waals surface area contributed by atoms with Crippen molar-refractivity contribution in [1.29, 1.82) is 0 Å². The molecule has 3 rings (SSSR count). The minimum absolute atomic E-state index is 0.182. The van der Waals surface area contributed by atoms with Gasteiger partial charge in [-0.1, -0.05) is 19.1 Å². The van der Waals surface area contributed by atoms with Crippen molar-refractivity contribution in [3.63, 3.8) is 0 Å². The van der Waals surface area contributed by atoms with Crippen molar-refractivity contribution < 1.29 is 14.1 Å². The lowest BCUT2D eigenvalue weighted by Crippen LogP contribution is -2.24. The minimum Gasteiger partial charge on any atom is -0.408 e. The maximum absolute atomic E-state index is 12.2. The van der Waals surface area contributed by atoms with Gasteiger partial charge in [0, 0.05) is 17.8 Å². The molecule has 0 saturated carbocycles. The van der Waals surface area contributed by atoms with Crippen LogP contribution >= 0.6 is 0 Å². The number of anilines is 1. The van der Waals surface area contributed by atoms with Gasteiger partial charge in [0.25, 0.3) is 5.69 Å². The molecule has 0 bridgehead atoms. The molecule has 0 fully saturated rings. The Morgan fingerprint density at radius 2 is 2.08 bits per heavy atom. The van der Waals surface area contributed by atoms with Gasteiger partial charge in [-0.05, 0) is 30.2 Å². The molecule has 8 nitrogen and oxygen atoms in total. The Morgan fingerprint density at radius 3 is 2.80 bits per heavy atom. The van der Waals surface area contributed by atoms with E-state index in [1.807, 2.05) is 25.1 Å². The van der Waals surface area contributed by atoms with Gasteiger partial charge >= 0.3 is 5.76 Å². The number of rotatable bonds is 5. The van der Waals surface area contributed by atoms with Crippen LogP contribution in [0.3, 0.4) is 0 Å². The number of nitro benzene ring substituents is 1. The molecule has 0 unspecified atom stereocenters. The van der Waals surface area contributed by atoms with E-state index in [4.69, 9.17) is 4.42 Å². The fourth-order valence-corrected chi connectivity index (χ4v) is 2.53. The predicted octanol–water partition coefficient (Wildman–Crippen LogP) is 2.70. The van der Waals surface area contributed by atoms with E-state index in [1.165, 1.54) is 18.2 Å². The number of aryl methyl sites for hydroxylation is 1. The highest BCUT2D eigenvalue weighted by Crippen LogP contribution is 2.20. The second kappa shape index (κ2) is 6.60. The van der Waals surface area contributed by atoms with E-state index in [-0.39, 0.29) is 23.3 Å². The molecule has 0 spiro atoms. The van der Waals surface area contributed by atoms with E-state index in [2.05, 4.69) is 5.32 Å². The molecular weight excluding hydrogens is 326 g/mol. The van der Waals surface area contributed by atoms with Crippen molar-refractivity contribution in [3.8, 4) is 0 Å². The first-order chi connectivity index (χ1) is 12.0. The van der Waals surface area contributed by atoms with Crippen LogP contribution in [0.4, 0.5) is 11.4 Å². The van der Waals surface area contributed by atoms with Crippen LogP contribution in [-0.4, -0.2) is 15.4 Å². The predicted molar refractivity (Wildman–Crippen MR) is 91.6 cm³/mol. The second-order valence-electron chi connectivity index (χ2n) is 5.47. The number of hydrogen-bond donors (Lipinski definition) is 1. The van der Waals surface area contributed by atoms with Crippen molar-refractivity contribution in [3.05, 3.63) is 68.7 Å². The monoisotopic (exact) mass is 341 g/mol. The maximum atomic E-state index is 12.2. The second-order valence-corrected chi connectivity index (χ2v) is 5.47. The molecule has 1 heterocycles. The van der Waals surface area contributed by atoms with Gasteiger partial charge in [-0.15, -0.1) is 0 Å². The Morgan fingerprint density at radius 1 is 1.28 bits per heavy atom. The summed E-state index contributed by atoms with van der Waals surface area (Å²) < 4.78 is 6.10. The maximum Gasteiger partial charge on any atom is 0.420 e. The van der Waals surface area contributed by atoms with E-state index in [1.54, 1.807) is 6.07 Å². The summed E-state index contributed by atoms with van der Waals surface area (Å²) in [6, 6.07) is 11.2. The molecule has 1 aromatic heterocycles. The van der Waals surface area contributed by atoms with Crippen LogP contribution < -0.4 is 11.1 Å². The molecule has 0 saturated heterocycles. The fraction of sp³-hybridized carbons (Fsp3) is 0.176. The summed E-state index contributed by atoms with van der Waals surface area (Å²) in [4.78, 5) is 34.5. The number of carbonyl (C=O) groups is 1. The van der Waals surface area contributed by atoms with Crippen molar-refractivity contribution in [2.24, 2.45) is 0 Å². The van der Waals surface area contributed by atoms with Crippen LogP contribution in [0.2, 0.25) is 0 Å². The number of nitrogens with zero attached hydrogens (tertiary/aromatic N) is 2. The SMILES string of the molecule is CCc1cccc(NC(=O)Cn2c(=O)oc3ccc([N+](=O)[O-])cc32)c1. The number of oxazole rings is 1. The number of fused-ring (bicyclic) bond motifs is 1. The third kappa shape index (κ3) is 3.42. The Kier molecular flexibility index (Phi) is 4.34. The van der Waals surface area contributed by atoms with Gasteiger partial charge in [0.1, 0.15) is 6.54 Å². The van der Waals surface area contributed by atoms with Gasteiger partial charge in [0.2, 0.25) is 5.91 Å². The first-order valence-electron chi connectivity index (χ1n) is 7.64. The smallest absolute Gasteiger partial charge is 0.408 e. The Balaban J connectivity index is 1.87. The van der Waals surface area contributed by atoms with Crippen molar-refractivity contribution >= 4 is 28.4 Å². The third-order valence-electron chi connectivity index (χ3n) is 3.78. The summed E-state index contributed by atoms with van der Waals surface area (Å²) in [6.45, 7) is 1.70. The number of carbonyl (C=O) groups excluding carboxylic acids is 1. The highest BCUT2D eigenvalue weighted by Gasteiger charge is 2.16. The highest BCUT2D eigenvalue weighted by atomic mass is 16.6. The summed E-state index contributed by atoms with van der Waals surface area (Å²) >= 11 is 0. The van der Waals surface area contributed by atoms with Gasteiger partial charge in [-0.2, -0.15) is 0 Å². The van der Waals surface area contributed by atoms with Crippen LogP contribution in [0.25, 0.3) is 11.1 Å². The number of non-ortho nitro benzene ring substituents is 1. The summed E-state index contributed by atoms with van der Waals surface area (Å²) in [5.41, 5.74) is 1.90. The van der Waals surface area contributed by atoms with E-state index < -0.39 is 16.6 Å². The van der Waals surface area contributed by atoms with Crippen molar-refractivity contribution in [2.45, 2.75) is 19.9 Å². The summed E-state index contributed by atoms with van der Waals surface area (Å²) in [7, 11) is 0. The zero-order valence-corrected chi connectivity index (χ0v) is 13.4. The molecule has 8 heteroatoms. The number of hydrogen-bond acceptors (Lipinski definition) is 5. The zero-order valence-electron chi connectivity index (χ0n) is 13.4. The minimum atomic E-state index is -0.743. The molecule has 0 aliphatic heterocycles. The summed E-state index contributed by atoms with van der Waals surface area (Å²) in [6.07, 6.45) is 0.833. The van der Waals surface area contributed by atoms with Gasteiger partial charge in [0.05, 0.1) is 10.4 Å². The van der Waals surface area contributed by atoms with E-state index in [0.717, 1.165) is 16.6 Å². The molecule has 25 heavy (non-hydrogen) atoms. The summed E-state index contributed by atoms with van der Waals surface area (Å²) in [5.74, 6) is -1.17. The topological polar surface area (TPSA) is 107 Å². The Bertz CT molecular complexity index is 1020. The number of nitrogens with one attached hydrogen (secondary N) is 1. The number of benzene rings is 2. The Hall–Kier alpha value is -3.42. The van der Waals surface area contributed by atoms with Crippen LogP contribution in [0.5, 0.6) is 0 Å². The molecule has 1 amide bonds. The zero-order chi connectivity index (χ0) is 18.0. The van der Waals surface area contributed by atoms with E-state index in [0.29, 0.717) is 5.69 Å². The van der Waals surface area contributed by atoms with Gasteiger partial charge < -0.3 is 9.73 Å².